The summed E-state index contributed by atoms with van der Waals surface area (Å²) in [6, 6.07) is 2.17. The molecule has 2 atom stereocenters. The van der Waals surface area contributed by atoms with Crippen molar-refractivity contribution in [1.29, 1.82) is 0 Å². The average Bonchev–Trinajstić information content (AvgIpc) is 3.18. The summed E-state index contributed by atoms with van der Waals surface area (Å²) in [5, 5.41) is 8.10. The standard InChI is InChI=1S/C19H24FN7/c1-10(2)17-15-16(20)13(9-23-18(15)26-27(17)3)14-6-7-22-19(25-14)24-12-5-4-11(21)8-12/h6-7,9-12H,4-5,8,21H2,1-3H3,(H,22,24,25)/t11-,12-/m0/s1. The van der Waals surface area contributed by atoms with Crippen LogP contribution in [0.25, 0.3) is 22.3 Å². The highest BCUT2D eigenvalue weighted by atomic mass is 19.1. The monoisotopic (exact) mass is 369 g/mol. The molecular formula is C19H24FN7. The lowest BCUT2D eigenvalue weighted by molar-refractivity contribution is 0.633. The second-order valence-electron chi connectivity index (χ2n) is 7.53. The van der Waals surface area contributed by atoms with Crippen molar-refractivity contribution in [3.63, 3.8) is 0 Å². The van der Waals surface area contributed by atoms with Gasteiger partial charge in [-0.2, -0.15) is 5.10 Å². The number of nitrogens with one attached hydrogen (secondary N) is 1. The summed E-state index contributed by atoms with van der Waals surface area (Å²) in [7, 11) is 1.81. The molecule has 4 rings (SSSR count). The van der Waals surface area contributed by atoms with Crippen LogP contribution >= 0.6 is 0 Å². The van der Waals surface area contributed by atoms with Crippen molar-refractivity contribution >= 4 is 17.0 Å². The fourth-order valence-electron chi connectivity index (χ4n) is 3.89. The van der Waals surface area contributed by atoms with E-state index in [0.717, 1.165) is 25.0 Å². The van der Waals surface area contributed by atoms with Gasteiger partial charge in [0.1, 0.15) is 5.82 Å². The van der Waals surface area contributed by atoms with Crippen LogP contribution in [0.1, 0.15) is 44.7 Å². The summed E-state index contributed by atoms with van der Waals surface area (Å²) in [5.74, 6) is 0.270. The van der Waals surface area contributed by atoms with Gasteiger partial charge in [-0.05, 0) is 31.2 Å². The van der Waals surface area contributed by atoms with Crippen LogP contribution in [0.3, 0.4) is 0 Å². The molecule has 0 aromatic carbocycles. The number of rotatable bonds is 4. The van der Waals surface area contributed by atoms with Gasteiger partial charge in [0.15, 0.2) is 5.65 Å². The van der Waals surface area contributed by atoms with Gasteiger partial charge in [-0.3, -0.25) is 4.68 Å². The molecule has 0 radical (unpaired) electrons. The van der Waals surface area contributed by atoms with Crippen LogP contribution in [-0.2, 0) is 7.05 Å². The molecule has 0 spiro atoms. The molecule has 0 unspecified atom stereocenters. The average molecular weight is 369 g/mol. The fraction of sp³-hybridized carbons (Fsp3) is 0.474. The van der Waals surface area contributed by atoms with Gasteiger partial charge in [0.05, 0.1) is 22.3 Å². The number of aryl methyl sites for hydroxylation is 1. The molecule has 3 N–H and O–H groups in total. The van der Waals surface area contributed by atoms with E-state index in [-0.39, 0.29) is 23.8 Å². The molecule has 1 aliphatic rings. The number of anilines is 1. The van der Waals surface area contributed by atoms with E-state index in [2.05, 4.69) is 25.4 Å². The first kappa shape index (κ1) is 17.8. The zero-order valence-corrected chi connectivity index (χ0v) is 15.8. The summed E-state index contributed by atoms with van der Waals surface area (Å²) in [4.78, 5) is 13.1. The Kier molecular flexibility index (Phi) is 4.51. The molecule has 0 aliphatic heterocycles. The Balaban J connectivity index is 1.73. The lowest BCUT2D eigenvalue weighted by Crippen LogP contribution is -2.21. The van der Waals surface area contributed by atoms with E-state index in [1.54, 1.807) is 16.9 Å². The van der Waals surface area contributed by atoms with Gasteiger partial charge in [0.2, 0.25) is 5.95 Å². The maximum Gasteiger partial charge on any atom is 0.223 e. The molecular weight excluding hydrogens is 345 g/mol. The van der Waals surface area contributed by atoms with Crippen LogP contribution in [0.15, 0.2) is 18.5 Å². The summed E-state index contributed by atoms with van der Waals surface area (Å²) in [6.07, 6.45) is 6.00. The second-order valence-corrected chi connectivity index (χ2v) is 7.53. The number of hydrogen-bond acceptors (Lipinski definition) is 6. The maximum atomic E-state index is 15.4. The molecule has 27 heavy (non-hydrogen) atoms. The predicted molar refractivity (Wildman–Crippen MR) is 103 cm³/mol. The molecule has 0 saturated heterocycles. The molecule has 1 aliphatic carbocycles. The Bertz CT molecular complexity index is 982. The molecule has 8 heteroatoms. The Hall–Kier alpha value is -2.61. The molecule has 3 heterocycles. The molecule has 3 aromatic rings. The van der Waals surface area contributed by atoms with Crippen molar-refractivity contribution in [2.75, 3.05) is 5.32 Å². The van der Waals surface area contributed by atoms with E-state index < -0.39 is 0 Å². The Morgan fingerprint density at radius 2 is 2.11 bits per heavy atom. The zero-order chi connectivity index (χ0) is 19.1. The first-order valence-electron chi connectivity index (χ1n) is 9.30. The van der Waals surface area contributed by atoms with Crippen molar-refractivity contribution in [1.82, 2.24) is 24.7 Å². The highest BCUT2D eigenvalue weighted by Crippen LogP contribution is 2.31. The topological polar surface area (TPSA) is 94.5 Å². The molecule has 0 amide bonds. The Morgan fingerprint density at radius 3 is 2.81 bits per heavy atom. The summed E-state index contributed by atoms with van der Waals surface area (Å²) >= 11 is 0. The van der Waals surface area contributed by atoms with Crippen LogP contribution < -0.4 is 11.1 Å². The lowest BCUT2D eigenvalue weighted by atomic mass is 10.0. The van der Waals surface area contributed by atoms with Crippen molar-refractivity contribution in [3.05, 3.63) is 30.0 Å². The Labute approximate surface area is 157 Å². The highest BCUT2D eigenvalue weighted by molar-refractivity contribution is 5.84. The van der Waals surface area contributed by atoms with Crippen molar-refractivity contribution in [2.24, 2.45) is 12.8 Å². The number of fused-ring (bicyclic) bond motifs is 1. The minimum atomic E-state index is -0.343. The smallest absolute Gasteiger partial charge is 0.223 e. The van der Waals surface area contributed by atoms with Crippen LogP contribution in [0.2, 0.25) is 0 Å². The van der Waals surface area contributed by atoms with Crippen molar-refractivity contribution in [3.8, 4) is 11.3 Å². The van der Waals surface area contributed by atoms with E-state index in [1.807, 2.05) is 20.9 Å². The van der Waals surface area contributed by atoms with Crippen LogP contribution in [-0.4, -0.2) is 36.8 Å². The molecule has 1 saturated carbocycles. The minimum absolute atomic E-state index is 0.126. The maximum absolute atomic E-state index is 15.4. The largest absolute Gasteiger partial charge is 0.351 e. The number of hydrogen-bond donors (Lipinski definition) is 2. The van der Waals surface area contributed by atoms with Crippen molar-refractivity contribution < 1.29 is 4.39 Å². The van der Waals surface area contributed by atoms with Gasteiger partial charge < -0.3 is 11.1 Å². The molecule has 142 valence electrons. The predicted octanol–water partition coefficient (Wildman–Crippen LogP) is 2.98. The van der Waals surface area contributed by atoms with Crippen LogP contribution in [0.4, 0.5) is 10.3 Å². The van der Waals surface area contributed by atoms with E-state index >= 15 is 4.39 Å². The van der Waals surface area contributed by atoms with Gasteiger partial charge in [0.25, 0.3) is 0 Å². The normalized spacial score (nSPS) is 19.9. The first-order valence-corrected chi connectivity index (χ1v) is 9.30. The lowest BCUT2D eigenvalue weighted by Gasteiger charge is -2.13. The van der Waals surface area contributed by atoms with E-state index in [9.17, 15) is 0 Å². The number of nitrogens with zero attached hydrogens (tertiary/aromatic N) is 5. The highest BCUT2D eigenvalue weighted by Gasteiger charge is 2.23. The van der Waals surface area contributed by atoms with Gasteiger partial charge in [-0.1, -0.05) is 13.8 Å². The number of nitrogens with two attached hydrogens (primary N) is 1. The molecule has 0 bridgehead atoms. The number of halogens is 1. The summed E-state index contributed by atoms with van der Waals surface area (Å²) in [5.41, 5.74) is 8.05. The number of aromatic nitrogens is 5. The van der Waals surface area contributed by atoms with Crippen LogP contribution in [0.5, 0.6) is 0 Å². The van der Waals surface area contributed by atoms with Crippen LogP contribution in [0, 0.1) is 5.82 Å². The van der Waals surface area contributed by atoms with Gasteiger partial charge >= 0.3 is 0 Å². The first-order chi connectivity index (χ1) is 12.9. The summed E-state index contributed by atoms with van der Waals surface area (Å²) < 4.78 is 17.1. The number of pyridine rings is 1. The minimum Gasteiger partial charge on any atom is -0.351 e. The van der Waals surface area contributed by atoms with Gasteiger partial charge in [-0.15, -0.1) is 0 Å². The Morgan fingerprint density at radius 1 is 1.30 bits per heavy atom. The third kappa shape index (κ3) is 3.25. The molecule has 7 nitrogen and oxygen atoms in total. The zero-order valence-electron chi connectivity index (χ0n) is 15.8. The van der Waals surface area contributed by atoms with Gasteiger partial charge in [-0.25, -0.2) is 19.3 Å². The van der Waals surface area contributed by atoms with E-state index in [1.165, 1.54) is 6.20 Å². The van der Waals surface area contributed by atoms with Crippen molar-refractivity contribution in [2.45, 2.75) is 51.1 Å². The second kappa shape index (κ2) is 6.84. The third-order valence-corrected chi connectivity index (χ3v) is 5.13. The molecule has 1 fully saturated rings. The quantitative estimate of drug-likeness (QED) is 0.734. The van der Waals surface area contributed by atoms with E-state index in [4.69, 9.17) is 5.73 Å². The third-order valence-electron chi connectivity index (χ3n) is 5.13. The fourth-order valence-corrected chi connectivity index (χ4v) is 3.89. The van der Waals surface area contributed by atoms with E-state index in [0.29, 0.717) is 28.2 Å². The SMILES string of the molecule is CC(C)c1c2c(F)c(-c3ccnc(N[C@H]4CC[C@H](N)C4)n3)cnc2nn1C. The molecule has 3 aromatic heterocycles. The van der Waals surface area contributed by atoms with Gasteiger partial charge in [0, 0.05) is 31.5 Å². The summed E-state index contributed by atoms with van der Waals surface area (Å²) in [6.45, 7) is 4.03.